The molecule has 4 unspecified atom stereocenters. The molecule has 0 aromatic carbocycles. The second kappa shape index (κ2) is 10.2. The van der Waals surface area contributed by atoms with Crippen molar-refractivity contribution in [1.29, 1.82) is 0 Å². The van der Waals surface area contributed by atoms with Gasteiger partial charge in [-0.05, 0) is 37.9 Å². The summed E-state index contributed by atoms with van der Waals surface area (Å²) in [6.45, 7) is 0. The number of hydrogen-bond donors (Lipinski definition) is 2. The Hall–Kier alpha value is 0.327. The predicted molar refractivity (Wildman–Crippen MR) is 88.8 cm³/mol. The van der Waals surface area contributed by atoms with Gasteiger partial charge in [0.25, 0.3) is 0 Å². The van der Waals surface area contributed by atoms with Crippen molar-refractivity contribution in [3.8, 4) is 0 Å². The number of ether oxygens (including phenoxy) is 1. The molecule has 1 fully saturated rings. The molecular formula is C14H30O6SSi. The molecule has 0 spiro atoms. The lowest BCUT2D eigenvalue weighted by atomic mass is 9.84. The molecule has 6 nitrogen and oxygen atoms in total. The van der Waals surface area contributed by atoms with Crippen molar-refractivity contribution in [3.05, 3.63) is 0 Å². The summed E-state index contributed by atoms with van der Waals surface area (Å²) in [6.07, 6.45) is 3.59. The number of aliphatic hydroxyl groups is 2. The quantitative estimate of drug-likeness (QED) is 0.454. The molecule has 0 aromatic rings. The highest BCUT2D eigenvalue weighted by atomic mass is 32.2. The predicted octanol–water partition coefficient (Wildman–Crippen LogP) is 1.48. The zero-order valence-corrected chi connectivity index (χ0v) is 15.8. The van der Waals surface area contributed by atoms with Gasteiger partial charge in [0, 0.05) is 33.1 Å². The average Bonchev–Trinajstić information content (AvgIpc) is 2.52. The van der Waals surface area contributed by atoms with Crippen LogP contribution in [0.4, 0.5) is 0 Å². The van der Waals surface area contributed by atoms with E-state index in [2.05, 4.69) is 0 Å². The fourth-order valence-electron chi connectivity index (χ4n) is 2.92. The highest BCUT2D eigenvalue weighted by Gasteiger charge is 2.39. The van der Waals surface area contributed by atoms with Crippen LogP contribution in [0.15, 0.2) is 0 Å². The van der Waals surface area contributed by atoms with Crippen LogP contribution in [0.2, 0.25) is 6.04 Å². The molecule has 1 rings (SSSR count). The van der Waals surface area contributed by atoms with Gasteiger partial charge in [0.2, 0.25) is 0 Å². The number of thioether (sulfide) groups is 1. The van der Waals surface area contributed by atoms with Gasteiger partial charge in [-0.2, -0.15) is 11.8 Å². The summed E-state index contributed by atoms with van der Waals surface area (Å²) >= 11 is 1.52. The zero-order chi connectivity index (χ0) is 16.6. The van der Waals surface area contributed by atoms with Gasteiger partial charge in [-0.3, -0.25) is 0 Å². The molecule has 2 N–H and O–H groups in total. The largest absolute Gasteiger partial charge is 0.500 e. The van der Waals surface area contributed by atoms with Crippen LogP contribution in [0.3, 0.4) is 0 Å². The maximum Gasteiger partial charge on any atom is 0.500 e. The van der Waals surface area contributed by atoms with Gasteiger partial charge < -0.3 is 28.2 Å². The van der Waals surface area contributed by atoms with E-state index in [1.165, 1.54) is 11.8 Å². The molecule has 0 saturated heterocycles. The first-order valence-electron chi connectivity index (χ1n) is 7.66. The van der Waals surface area contributed by atoms with Crippen molar-refractivity contribution in [3.63, 3.8) is 0 Å². The van der Waals surface area contributed by atoms with Crippen LogP contribution in [-0.4, -0.2) is 70.9 Å². The van der Waals surface area contributed by atoms with E-state index in [0.29, 0.717) is 18.1 Å². The highest BCUT2D eigenvalue weighted by molar-refractivity contribution is 7.98. The lowest BCUT2D eigenvalue weighted by Crippen LogP contribution is -2.44. The minimum atomic E-state index is -2.54. The van der Waals surface area contributed by atoms with Gasteiger partial charge in [0.1, 0.15) is 0 Å². The maximum absolute atomic E-state index is 10.1. The summed E-state index contributed by atoms with van der Waals surface area (Å²) in [4.78, 5) is 0. The van der Waals surface area contributed by atoms with Gasteiger partial charge in [0.05, 0.1) is 12.2 Å². The Labute approximate surface area is 138 Å². The van der Waals surface area contributed by atoms with Gasteiger partial charge in [-0.1, -0.05) is 0 Å². The molecule has 22 heavy (non-hydrogen) atoms. The molecule has 0 aromatic heterocycles. The van der Waals surface area contributed by atoms with Crippen LogP contribution < -0.4 is 0 Å². The Kier molecular flexibility index (Phi) is 9.49. The SMILES string of the molecule is CO[Si](CCC1CCC(O)C(OC(O)CSC)C1)(OC)OC. The molecule has 132 valence electrons. The molecule has 0 amide bonds. The third-order valence-corrected chi connectivity index (χ3v) is 7.68. The second-order valence-corrected chi connectivity index (χ2v) is 9.67. The lowest BCUT2D eigenvalue weighted by molar-refractivity contribution is -0.168. The Morgan fingerprint density at radius 3 is 2.36 bits per heavy atom. The number of rotatable bonds is 10. The first-order valence-corrected chi connectivity index (χ1v) is 11.0. The molecule has 0 radical (unpaired) electrons. The van der Waals surface area contributed by atoms with E-state index < -0.39 is 21.2 Å². The third-order valence-electron chi connectivity index (χ3n) is 4.30. The summed E-state index contributed by atoms with van der Waals surface area (Å²) in [5.41, 5.74) is 0. The molecule has 1 aliphatic carbocycles. The Morgan fingerprint density at radius 2 is 1.82 bits per heavy atom. The van der Waals surface area contributed by atoms with Crippen LogP contribution >= 0.6 is 11.8 Å². The van der Waals surface area contributed by atoms with E-state index in [1.807, 2.05) is 6.26 Å². The normalized spacial score (nSPS) is 27.8. The van der Waals surface area contributed by atoms with Gasteiger partial charge in [-0.15, -0.1) is 0 Å². The van der Waals surface area contributed by atoms with Crippen molar-refractivity contribution >= 4 is 20.6 Å². The van der Waals surface area contributed by atoms with Gasteiger partial charge in [0.15, 0.2) is 6.29 Å². The van der Waals surface area contributed by atoms with Crippen molar-refractivity contribution in [2.75, 3.05) is 33.3 Å². The monoisotopic (exact) mass is 354 g/mol. The van der Waals surface area contributed by atoms with Gasteiger partial charge in [-0.25, -0.2) is 0 Å². The highest BCUT2D eigenvalue weighted by Crippen LogP contribution is 2.32. The number of hydrogen-bond acceptors (Lipinski definition) is 7. The van der Waals surface area contributed by atoms with E-state index in [4.69, 9.17) is 18.0 Å². The van der Waals surface area contributed by atoms with E-state index in [-0.39, 0.29) is 6.10 Å². The lowest BCUT2D eigenvalue weighted by Gasteiger charge is -2.35. The number of aliphatic hydroxyl groups excluding tert-OH is 2. The van der Waals surface area contributed by atoms with E-state index in [1.54, 1.807) is 21.3 Å². The minimum Gasteiger partial charge on any atom is -0.390 e. The van der Waals surface area contributed by atoms with Crippen molar-refractivity contribution in [2.45, 2.75) is 50.2 Å². The third kappa shape index (κ3) is 6.08. The smallest absolute Gasteiger partial charge is 0.390 e. The second-order valence-electron chi connectivity index (χ2n) is 5.67. The van der Waals surface area contributed by atoms with Crippen molar-refractivity contribution in [1.82, 2.24) is 0 Å². The average molecular weight is 355 g/mol. The van der Waals surface area contributed by atoms with E-state index in [0.717, 1.165) is 25.3 Å². The first-order chi connectivity index (χ1) is 10.5. The summed E-state index contributed by atoms with van der Waals surface area (Å²) < 4.78 is 21.9. The maximum atomic E-state index is 10.1. The summed E-state index contributed by atoms with van der Waals surface area (Å²) in [5, 5.41) is 19.8. The van der Waals surface area contributed by atoms with Crippen LogP contribution in [0.1, 0.15) is 25.7 Å². The molecule has 1 aliphatic rings. The molecule has 0 heterocycles. The van der Waals surface area contributed by atoms with E-state index in [9.17, 15) is 10.2 Å². The molecular weight excluding hydrogens is 324 g/mol. The van der Waals surface area contributed by atoms with Gasteiger partial charge >= 0.3 is 8.80 Å². The summed E-state index contributed by atoms with van der Waals surface area (Å²) in [7, 11) is 2.32. The molecule has 1 saturated carbocycles. The van der Waals surface area contributed by atoms with Crippen LogP contribution in [0, 0.1) is 5.92 Å². The summed E-state index contributed by atoms with van der Waals surface area (Å²) in [5.74, 6) is 0.934. The molecule has 8 heteroatoms. The summed E-state index contributed by atoms with van der Waals surface area (Å²) in [6, 6.07) is 0.747. The van der Waals surface area contributed by atoms with Crippen molar-refractivity contribution < 1.29 is 28.2 Å². The minimum absolute atomic E-state index is 0.301. The fraction of sp³-hybridized carbons (Fsp3) is 1.00. The Morgan fingerprint density at radius 1 is 1.18 bits per heavy atom. The molecule has 0 bridgehead atoms. The zero-order valence-electron chi connectivity index (χ0n) is 14.0. The first kappa shape index (κ1) is 20.4. The van der Waals surface area contributed by atoms with E-state index >= 15 is 0 Å². The topological polar surface area (TPSA) is 77.4 Å². The molecule has 4 atom stereocenters. The Bertz CT molecular complexity index is 297. The Balaban J connectivity index is 2.48. The van der Waals surface area contributed by atoms with Crippen LogP contribution in [0.25, 0.3) is 0 Å². The van der Waals surface area contributed by atoms with Crippen molar-refractivity contribution in [2.24, 2.45) is 5.92 Å². The standard InChI is InChI=1S/C14H30O6SSi/c1-17-22(18-2,19-3)8-7-11-5-6-12(15)13(9-11)20-14(16)10-21-4/h11-16H,5-10H2,1-4H3. The fourth-order valence-corrected chi connectivity index (χ4v) is 5.16. The molecule has 0 aliphatic heterocycles. The van der Waals surface area contributed by atoms with Crippen LogP contribution in [0.5, 0.6) is 0 Å². The van der Waals surface area contributed by atoms with Crippen LogP contribution in [-0.2, 0) is 18.0 Å².